The Balaban J connectivity index is 0.00000363. The molecule has 1 aliphatic heterocycles. The van der Waals surface area contributed by atoms with Gasteiger partial charge in [0.1, 0.15) is 24.2 Å². The summed E-state index contributed by atoms with van der Waals surface area (Å²) in [5, 5.41) is 14.6. The highest BCUT2D eigenvalue weighted by molar-refractivity contribution is 14.0. The predicted octanol–water partition coefficient (Wildman–Crippen LogP) is 2.52. The highest BCUT2D eigenvalue weighted by Gasteiger charge is 2.23. The molecule has 178 valence electrons. The van der Waals surface area contributed by atoms with E-state index in [1.54, 1.807) is 26.9 Å². The van der Waals surface area contributed by atoms with Crippen LogP contribution >= 0.6 is 24.0 Å². The van der Waals surface area contributed by atoms with Gasteiger partial charge < -0.3 is 24.7 Å². The first-order chi connectivity index (χ1) is 15.2. The Kier molecular flexibility index (Phi) is 11.6. The van der Waals surface area contributed by atoms with Gasteiger partial charge in [-0.2, -0.15) is 0 Å². The summed E-state index contributed by atoms with van der Waals surface area (Å²) in [6.07, 6.45) is 6.69. The van der Waals surface area contributed by atoms with Crippen LogP contribution in [0.2, 0.25) is 0 Å². The van der Waals surface area contributed by atoms with E-state index in [0.29, 0.717) is 6.04 Å². The molecule has 0 saturated carbocycles. The zero-order valence-electron chi connectivity index (χ0n) is 19.3. The maximum absolute atomic E-state index is 5.40. The van der Waals surface area contributed by atoms with Crippen molar-refractivity contribution in [3.05, 3.63) is 36.4 Å². The summed E-state index contributed by atoms with van der Waals surface area (Å²) in [4.78, 5) is 7.21. The predicted molar refractivity (Wildman–Crippen MR) is 137 cm³/mol. The van der Waals surface area contributed by atoms with E-state index in [0.717, 1.165) is 76.0 Å². The summed E-state index contributed by atoms with van der Waals surface area (Å²) in [6.45, 7) is 7.60. The smallest absolute Gasteiger partial charge is 0.191 e. The van der Waals surface area contributed by atoms with E-state index in [-0.39, 0.29) is 24.0 Å². The number of aromatic nitrogens is 3. The molecule has 2 heterocycles. The Morgan fingerprint density at radius 1 is 1.12 bits per heavy atom. The zero-order valence-corrected chi connectivity index (χ0v) is 21.6. The van der Waals surface area contributed by atoms with Crippen molar-refractivity contribution in [2.75, 3.05) is 40.4 Å². The van der Waals surface area contributed by atoms with Crippen LogP contribution < -0.4 is 20.1 Å². The fraction of sp³-hybridized carbons (Fsp3) is 0.591. The first-order valence-electron chi connectivity index (χ1n) is 11.0. The number of hydrogen-bond acceptors (Lipinski definition) is 6. The second-order valence-corrected chi connectivity index (χ2v) is 7.75. The van der Waals surface area contributed by atoms with Gasteiger partial charge in [0.05, 0.1) is 14.2 Å². The summed E-state index contributed by atoms with van der Waals surface area (Å²) in [5.74, 6) is 2.56. The minimum atomic E-state index is 0. The topological polar surface area (TPSA) is 88.8 Å². The van der Waals surface area contributed by atoms with Crippen LogP contribution in [-0.4, -0.2) is 72.1 Å². The Labute approximate surface area is 208 Å². The molecule has 9 nitrogen and oxygen atoms in total. The van der Waals surface area contributed by atoms with Crippen molar-refractivity contribution in [1.82, 2.24) is 30.3 Å². The number of unbranched alkanes of at least 4 members (excludes halogenated alkanes) is 1. The fourth-order valence-electron chi connectivity index (χ4n) is 3.76. The number of methoxy groups -OCH3 is 2. The molecule has 1 saturated heterocycles. The third-order valence-electron chi connectivity index (χ3n) is 5.34. The van der Waals surface area contributed by atoms with Crippen LogP contribution in [0.5, 0.6) is 11.5 Å². The normalized spacial score (nSPS) is 16.5. The highest BCUT2D eigenvalue weighted by Crippen LogP contribution is 2.24. The van der Waals surface area contributed by atoms with Gasteiger partial charge in [-0.3, -0.25) is 9.89 Å². The number of halogens is 1. The average Bonchev–Trinajstić information content (AvgIpc) is 3.45. The standard InChI is InChI=1S/C22H35N7O2.HI/c1-4-23-22(24-8-5-6-9-29-16-25-26-17-29)27-19-7-10-28(15-19)14-18-11-20(30-2)13-21(12-18)31-3;/h11-13,16-17,19H,4-10,14-15H2,1-3H3,(H2,23,24,27);1H. The number of nitrogens with one attached hydrogen (secondary N) is 2. The Morgan fingerprint density at radius 2 is 1.84 bits per heavy atom. The Hall–Kier alpha value is -2.08. The first-order valence-corrected chi connectivity index (χ1v) is 11.0. The molecular formula is C22H36IN7O2. The van der Waals surface area contributed by atoms with Crippen molar-refractivity contribution in [1.29, 1.82) is 0 Å². The van der Waals surface area contributed by atoms with E-state index >= 15 is 0 Å². The molecule has 0 aliphatic carbocycles. The summed E-state index contributed by atoms with van der Waals surface area (Å²) in [5.41, 5.74) is 1.20. The lowest BCUT2D eigenvalue weighted by Gasteiger charge is -2.19. The Morgan fingerprint density at radius 3 is 2.50 bits per heavy atom. The lowest BCUT2D eigenvalue weighted by molar-refractivity contribution is 0.321. The molecule has 1 aromatic carbocycles. The van der Waals surface area contributed by atoms with E-state index in [4.69, 9.17) is 14.5 Å². The van der Waals surface area contributed by atoms with Crippen LogP contribution in [0.1, 0.15) is 31.7 Å². The van der Waals surface area contributed by atoms with Gasteiger partial charge >= 0.3 is 0 Å². The van der Waals surface area contributed by atoms with E-state index in [9.17, 15) is 0 Å². The van der Waals surface area contributed by atoms with Crippen LogP contribution in [0, 0.1) is 0 Å². The van der Waals surface area contributed by atoms with Gasteiger partial charge in [-0.25, -0.2) is 0 Å². The lowest BCUT2D eigenvalue weighted by atomic mass is 10.2. The van der Waals surface area contributed by atoms with Crippen molar-refractivity contribution in [3.63, 3.8) is 0 Å². The molecule has 1 fully saturated rings. The number of rotatable bonds is 11. The van der Waals surface area contributed by atoms with Crippen LogP contribution in [0.3, 0.4) is 0 Å². The van der Waals surface area contributed by atoms with Gasteiger partial charge in [0, 0.05) is 51.4 Å². The monoisotopic (exact) mass is 557 g/mol. The van der Waals surface area contributed by atoms with E-state index in [2.05, 4.69) is 44.8 Å². The molecule has 2 aromatic rings. The molecule has 0 spiro atoms. The van der Waals surface area contributed by atoms with Crippen LogP contribution in [0.15, 0.2) is 35.8 Å². The SMILES string of the molecule is CCNC(=NCCCCn1cnnc1)NC1CCN(Cc2cc(OC)cc(OC)c2)C1.I. The van der Waals surface area contributed by atoms with Crippen molar-refractivity contribution >= 4 is 29.9 Å². The van der Waals surface area contributed by atoms with Crippen LogP contribution in [0.25, 0.3) is 0 Å². The summed E-state index contributed by atoms with van der Waals surface area (Å²) < 4.78 is 12.8. The molecular weight excluding hydrogens is 521 g/mol. The summed E-state index contributed by atoms with van der Waals surface area (Å²) >= 11 is 0. The number of likely N-dealkylation sites (tertiary alicyclic amines) is 1. The quantitative estimate of drug-likeness (QED) is 0.190. The van der Waals surface area contributed by atoms with Gasteiger partial charge in [0.2, 0.25) is 0 Å². The van der Waals surface area contributed by atoms with E-state index in [1.165, 1.54) is 5.56 Å². The average molecular weight is 557 g/mol. The number of ether oxygens (including phenoxy) is 2. The highest BCUT2D eigenvalue weighted by atomic mass is 127. The number of aliphatic imine (C=N–C) groups is 1. The molecule has 0 amide bonds. The van der Waals surface area contributed by atoms with Crippen LogP contribution in [-0.2, 0) is 13.1 Å². The molecule has 1 aromatic heterocycles. The summed E-state index contributed by atoms with van der Waals surface area (Å²) in [7, 11) is 3.37. The minimum absolute atomic E-state index is 0. The molecule has 1 atom stereocenters. The number of nitrogens with zero attached hydrogens (tertiary/aromatic N) is 5. The van der Waals surface area contributed by atoms with Crippen molar-refractivity contribution in [3.8, 4) is 11.5 Å². The van der Waals surface area contributed by atoms with Gasteiger partial charge in [-0.15, -0.1) is 34.2 Å². The number of aryl methyl sites for hydroxylation is 1. The zero-order chi connectivity index (χ0) is 21.9. The van der Waals surface area contributed by atoms with Gasteiger partial charge in [0.15, 0.2) is 5.96 Å². The van der Waals surface area contributed by atoms with Gasteiger partial charge in [-0.1, -0.05) is 0 Å². The second kappa shape index (κ2) is 14.1. The van der Waals surface area contributed by atoms with E-state index in [1.807, 2.05) is 10.6 Å². The first kappa shape index (κ1) is 26.2. The third-order valence-corrected chi connectivity index (χ3v) is 5.34. The van der Waals surface area contributed by atoms with E-state index < -0.39 is 0 Å². The number of benzene rings is 1. The molecule has 32 heavy (non-hydrogen) atoms. The molecule has 10 heteroatoms. The van der Waals surface area contributed by atoms with Crippen molar-refractivity contribution in [2.45, 2.75) is 45.3 Å². The Bertz CT molecular complexity index is 794. The maximum Gasteiger partial charge on any atom is 0.191 e. The lowest BCUT2D eigenvalue weighted by Crippen LogP contribution is -2.44. The minimum Gasteiger partial charge on any atom is -0.497 e. The number of guanidine groups is 1. The summed E-state index contributed by atoms with van der Waals surface area (Å²) in [6, 6.07) is 6.45. The van der Waals surface area contributed by atoms with Gasteiger partial charge in [-0.05, 0) is 43.9 Å². The fourth-order valence-corrected chi connectivity index (χ4v) is 3.76. The van der Waals surface area contributed by atoms with Crippen molar-refractivity contribution < 1.29 is 9.47 Å². The third kappa shape index (κ3) is 8.45. The van der Waals surface area contributed by atoms with Crippen LogP contribution in [0.4, 0.5) is 0 Å². The second-order valence-electron chi connectivity index (χ2n) is 7.75. The maximum atomic E-state index is 5.40. The number of hydrogen-bond donors (Lipinski definition) is 2. The molecule has 2 N–H and O–H groups in total. The molecule has 1 unspecified atom stereocenters. The molecule has 3 rings (SSSR count). The molecule has 0 bridgehead atoms. The van der Waals surface area contributed by atoms with Gasteiger partial charge in [0.25, 0.3) is 0 Å². The van der Waals surface area contributed by atoms with Crippen molar-refractivity contribution in [2.24, 2.45) is 4.99 Å². The largest absolute Gasteiger partial charge is 0.497 e. The molecule has 0 radical (unpaired) electrons. The molecule has 1 aliphatic rings.